The number of hydrogen-bond donors (Lipinski definition) is 1. The summed E-state index contributed by atoms with van der Waals surface area (Å²) in [5.74, 6) is 1.51. The molecule has 2 nitrogen and oxygen atoms in total. The quantitative estimate of drug-likeness (QED) is 0.907. The fraction of sp³-hybridized carbons (Fsp3) is 0.526. The second-order valence-electron chi connectivity index (χ2n) is 6.58. The Bertz CT molecular complexity index is 588. The minimum absolute atomic E-state index is 0.366. The Kier molecular flexibility index (Phi) is 4.54. The number of nitrogens with two attached hydrogens (primary N) is 1. The average Bonchev–Trinajstić information content (AvgIpc) is 2.51. The zero-order chi connectivity index (χ0) is 14.7. The molecule has 0 bridgehead atoms. The molecule has 1 saturated carbocycles. The van der Waals surface area contributed by atoms with Crippen LogP contribution in [0.25, 0.3) is 10.9 Å². The van der Waals surface area contributed by atoms with Gasteiger partial charge in [0.25, 0.3) is 0 Å². The summed E-state index contributed by atoms with van der Waals surface area (Å²) in [4.78, 5) is 4.47. The highest BCUT2D eigenvalue weighted by Gasteiger charge is 2.28. The highest BCUT2D eigenvalue weighted by atomic mass is 14.7. The van der Waals surface area contributed by atoms with Crippen LogP contribution in [0, 0.1) is 11.8 Å². The van der Waals surface area contributed by atoms with Crippen LogP contribution in [0.2, 0.25) is 0 Å². The smallest absolute Gasteiger partial charge is 0.0704 e. The molecule has 21 heavy (non-hydrogen) atoms. The molecule has 3 unspecified atom stereocenters. The van der Waals surface area contributed by atoms with E-state index in [0.29, 0.717) is 12.0 Å². The topological polar surface area (TPSA) is 38.9 Å². The van der Waals surface area contributed by atoms with Gasteiger partial charge in [-0.2, -0.15) is 0 Å². The molecule has 0 saturated heterocycles. The van der Waals surface area contributed by atoms with Gasteiger partial charge in [0.1, 0.15) is 0 Å². The summed E-state index contributed by atoms with van der Waals surface area (Å²) in [5.41, 5.74) is 8.93. The third-order valence-electron chi connectivity index (χ3n) is 5.07. The molecule has 3 rings (SSSR count). The van der Waals surface area contributed by atoms with E-state index in [1.54, 1.807) is 0 Å². The highest BCUT2D eigenvalue weighted by molar-refractivity contribution is 5.81. The summed E-state index contributed by atoms with van der Waals surface area (Å²) in [5, 5.41) is 1.30. The van der Waals surface area contributed by atoms with Gasteiger partial charge in [0.15, 0.2) is 0 Å². The maximum Gasteiger partial charge on any atom is 0.0704 e. The Balaban J connectivity index is 1.80. The molecule has 1 fully saturated rings. The van der Waals surface area contributed by atoms with Crippen LogP contribution in [-0.2, 0) is 6.42 Å². The van der Waals surface area contributed by atoms with Crippen molar-refractivity contribution in [2.45, 2.75) is 51.5 Å². The first kappa shape index (κ1) is 14.5. The molecule has 2 N–H and O–H groups in total. The van der Waals surface area contributed by atoms with E-state index in [1.165, 1.54) is 43.1 Å². The Morgan fingerprint density at radius 2 is 2.05 bits per heavy atom. The first-order valence-electron chi connectivity index (χ1n) is 8.36. The summed E-state index contributed by atoms with van der Waals surface area (Å²) >= 11 is 0. The van der Waals surface area contributed by atoms with Gasteiger partial charge in [-0.25, -0.2) is 0 Å². The number of fused-ring (bicyclic) bond motifs is 1. The molecule has 1 aromatic carbocycles. The van der Waals surface area contributed by atoms with E-state index < -0.39 is 0 Å². The second kappa shape index (κ2) is 6.57. The van der Waals surface area contributed by atoms with E-state index in [9.17, 15) is 0 Å². The van der Waals surface area contributed by atoms with E-state index in [1.807, 2.05) is 6.20 Å². The van der Waals surface area contributed by atoms with Gasteiger partial charge in [0, 0.05) is 17.6 Å². The van der Waals surface area contributed by atoms with Gasteiger partial charge in [-0.05, 0) is 55.2 Å². The maximum atomic E-state index is 6.41. The molecule has 1 aromatic heterocycles. The van der Waals surface area contributed by atoms with Gasteiger partial charge in [-0.15, -0.1) is 0 Å². The molecule has 0 spiro atoms. The third kappa shape index (κ3) is 3.26. The van der Waals surface area contributed by atoms with Gasteiger partial charge in [0.2, 0.25) is 0 Å². The lowest BCUT2D eigenvalue weighted by molar-refractivity contribution is 0.221. The molecule has 0 radical (unpaired) electrons. The molecular formula is C19H26N2. The van der Waals surface area contributed by atoms with Crippen LogP contribution >= 0.6 is 0 Å². The van der Waals surface area contributed by atoms with E-state index in [4.69, 9.17) is 5.73 Å². The maximum absolute atomic E-state index is 6.41. The molecule has 3 atom stereocenters. The van der Waals surface area contributed by atoms with Gasteiger partial charge in [-0.1, -0.05) is 38.0 Å². The summed E-state index contributed by atoms with van der Waals surface area (Å²) in [6.07, 6.45) is 9.51. The molecule has 2 heteroatoms. The number of aromatic nitrogens is 1. The van der Waals surface area contributed by atoms with E-state index in [-0.39, 0.29) is 0 Å². The van der Waals surface area contributed by atoms with Crippen molar-refractivity contribution < 1.29 is 0 Å². The Labute approximate surface area is 127 Å². The predicted molar refractivity (Wildman–Crippen MR) is 89.2 cm³/mol. The molecule has 112 valence electrons. The largest absolute Gasteiger partial charge is 0.327 e. The normalized spacial score (nSPS) is 26.1. The van der Waals surface area contributed by atoms with Crippen LogP contribution in [0.15, 0.2) is 36.5 Å². The minimum Gasteiger partial charge on any atom is -0.327 e. The van der Waals surface area contributed by atoms with Crippen molar-refractivity contribution >= 4 is 10.9 Å². The molecule has 0 aliphatic heterocycles. The van der Waals surface area contributed by atoms with E-state index in [0.717, 1.165) is 17.9 Å². The lowest BCUT2D eigenvalue weighted by Gasteiger charge is -2.34. The summed E-state index contributed by atoms with van der Waals surface area (Å²) in [7, 11) is 0. The van der Waals surface area contributed by atoms with Crippen molar-refractivity contribution in [1.29, 1.82) is 0 Å². The van der Waals surface area contributed by atoms with Crippen LogP contribution in [0.5, 0.6) is 0 Å². The monoisotopic (exact) mass is 282 g/mol. The molecular weight excluding hydrogens is 256 g/mol. The molecule has 1 aliphatic rings. The number of hydrogen-bond acceptors (Lipinski definition) is 2. The van der Waals surface area contributed by atoms with Gasteiger partial charge >= 0.3 is 0 Å². The Morgan fingerprint density at radius 3 is 2.90 bits per heavy atom. The van der Waals surface area contributed by atoms with Crippen molar-refractivity contribution in [1.82, 2.24) is 4.98 Å². The van der Waals surface area contributed by atoms with Crippen molar-refractivity contribution in [2.75, 3.05) is 0 Å². The fourth-order valence-electron chi connectivity index (χ4n) is 3.91. The van der Waals surface area contributed by atoms with E-state index >= 15 is 0 Å². The second-order valence-corrected chi connectivity index (χ2v) is 6.58. The zero-order valence-corrected chi connectivity index (χ0v) is 13.0. The standard InChI is InChI=1S/C19H26N2/c1-2-5-14-8-9-18(20)16(12-14)13-15-10-11-21-19-7-4-3-6-17(15)19/h3-4,6-7,10-11,14,16,18H,2,5,8-9,12-13,20H2,1H3. The lowest BCUT2D eigenvalue weighted by atomic mass is 9.74. The number of nitrogens with zero attached hydrogens (tertiary/aromatic N) is 1. The van der Waals surface area contributed by atoms with Crippen molar-refractivity contribution in [2.24, 2.45) is 17.6 Å². The highest BCUT2D eigenvalue weighted by Crippen LogP contribution is 2.34. The van der Waals surface area contributed by atoms with Crippen molar-refractivity contribution in [3.05, 3.63) is 42.1 Å². The molecule has 2 aromatic rings. The number of rotatable bonds is 4. The summed E-state index contributed by atoms with van der Waals surface area (Å²) in [6.45, 7) is 2.29. The number of para-hydroxylation sites is 1. The third-order valence-corrected chi connectivity index (χ3v) is 5.07. The van der Waals surface area contributed by atoms with Gasteiger partial charge in [-0.3, -0.25) is 4.98 Å². The average molecular weight is 282 g/mol. The first-order chi connectivity index (χ1) is 10.3. The molecule has 1 aliphatic carbocycles. The van der Waals surface area contributed by atoms with Crippen molar-refractivity contribution in [3.8, 4) is 0 Å². The van der Waals surface area contributed by atoms with Crippen LogP contribution in [-0.4, -0.2) is 11.0 Å². The Morgan fingerprint density at radius 1 is 1.19 bits per heavy atom. The number of pyridine rings is 1. The van der Waals surface area contributed by atoms with Gasteiger partial charge in [0.05, 0.1) is 5.52 Å². The fourth-order valence-corrected chi connectivity index (χ4v) is 3.91. The Hall–Kier alpha value is -1.41. The van der Waals surface area contributed by atoms with Crippen molar-refractivity contribution in [3.63, 3.8) is 0 Å². The first-order valence-corrected chi connectivity index (χ1v) is 8.36. The summed E-state index contributed by atoms with van der Waals surface area (Å²) in [6, 6.07) is 11.0. The lowest BCUT2D eigenvalue weighted by Crippen LogP contribution is -2.37. The van der Waals surface area contributed by atoms with E-state index in [2.05, 4.69) is 42.2 Å². The van der Waals surface area contributed by atoms with Crippen LogP contribution in [0.3, 0.4) is 0 Å². The van der Waals surface area contributed by atoms with Gasteiger partial charge < -0.3 is 5.73 Å². The molecule has 0 amide bonds. The van der Waals surface area contributed by atoms with Crippen LogP contribution in [0.1, 0.15) is 44.6 Å². The van der Waals surface area contributed by atoms with Crippen LogP contribution in [0.4, 0.5) is 0 Å². The SMILES string of the molecule is CCCC1CCC(N)C(Cc2ccnc3ccccc23)C1. The minimum atomic E-state index is 0.366. The number of benzene rings is 1. The predicted octanol–water partition coefficient (Wildman–Crippen LogP) is 4.32. The molecule has 1 heterocycles. The summed E-state index contributed by atoms with van der Waals surface area (Å²) < 4.78 is 0. The zero-order valence-electron chi connectivity index (χ0n) is 13.0. The van der Waals surface area contributed by atoms with Crippen LogP contribution < -0.4 is 5.73 Å².